The van der Waals surface area contributed by atoms with E-state index in [4.69, 9.17) is 4.74 Å². The first-order valence-corrected chi connectivity index (χ1v) is 11.4. The molecule has 1 fully saturated rings. The number of aryl methyl sites for hydroxylation is 1. The van der Waals surface area contributed by atoms with E-state index in [1.54, 1.807) is 18.2 Å². The fourth-order valence-corrected chi connectivity index (χ4v) is 4.23. The van der Waals surface area contributed by atoms with Gasteiger partial charge in [0.05, 0.1) is 17.1 Å². The Labute approximate surface area is 200 Å². The first kappa shape index (κ1) is 24.7. The van der Waals surface area contributed by atoms with Crippen LogP contribution in [0.5, 0.6) is 0 Å². The molecule has 1 atom stereocenters. The summed E-state index contributed by atoms with van der Waals surface area (Å²) in [5.41, 5.74) is 2.87. The van der Waals surface area contributed by atoms with Crippen molar-refractivity contribution in [2.24, 2.45) is 0 Å². The van der Waals surface area contributed by atoms with E-state index in [2.05, 4.69) is 10.3 Å². The maximum atomic E-state index is 13.7. The molecule has 1 aliphatic heterocycles. The number of nitrogens with zero attached hydrogens (tertiary/aromatic N) is 3. The minimum atomic E-state index is -4.74. The maximum absolute atomic E-state index is 13.7. The predicted molar refractivity (Wildman–Crippen MR) is 125 cm³/mol. The number of carbonyl (C=O) groups excluding carboxylic acids is 2. The second-order valence-electron chi connectivity index (χ2n) is 8.71. The quantitative estimate of drug-likeness (QED) is 0.538. The van der Waals surface area contributed by atoms with Crippen molar-refractivity contribution in [3.8, 4) is 0 Å². The zero-order chi connectivity index (χ0) is 25.2. The third-order valence-corrected chi connectivity index (χ3v) is 6.22. The Bertz CT molecular complexity index is 1230. The Kier molecular flexibility index (Phi) is 7.11. The molecular weight excluding hydrogens is 461 g/mol. The van der Waals surface area contributed by atoms with Crippen molar-refractivity contribution in [3.05, 3.63) is 59.4 Å². The second kappa shape index (κ2) is 10.1. The lowest BCUT2D eigenvalue weighted by Gasteiger charge is -2.26. The van der Waals surface area contributed by atoms with Gasteiger partial charge in [0.2, 0.25) is 17.6 Å². The van der Waals surface area contributed by atoms with Crippen molar-refractivity contribution in [1.29, 1.82) is 0 Å². The number of hydrogen-bond acceptors (Lipinski definition) is 4. The molecule has 2 aromatic carbocycles. The molecule has 1 saturated heterocycles. The largest absolute Gasteiger partial charge is 0.449 e. The fraction of sp³-hybridized carbons (Fsp3) is 0.400. The third-order valence-electron chi connectivity index (χ3n) is 6.22. The summed E-state index contributed by atoms with van der Waals surface area (Å²) in [6.07, 6.45) is -3.47. The standard InChI is InChI=1S/C25H27F3N4O3/c1-16-7-5-10-19(17(16)2)29-22(33)14-31(13-18-8-6-12-35-18)23(34)15-32-21-11-4-3-9-20(21)30-24(32)25(26,27)28/h3-5,7,9-11,18H,6,8,12-15H2,1-2H3,(H,29,33)/t18-/m0/s1. The molecule has 1 N–H and O–H groups in total. The van der Waals surface area contributed by atoms with Gasteiger partial charge in [0.15, 0.2) is 0 Å². The molecule has 3 aromatic rings. The fourth-order valence-electron chi connectivity index (χ4n) is 4.23. The molecule has 0 spiro atoms. The third kappa shape index (κ3) is 5.64. The summed E-state index contributed by atoms with van der Waals surface area (Å²) in [5, 5.41) is 2.81. The van der Waals surface area contributed by atoms with E-state index in [9.17, 15) is 22.8 Å². The number of benzene rings is 2. The number of hydrogen-bond donors (Lipinski definition) is 1. The van der Waals surface area contributed by atoms with Crippen molar-refractivity contribution < 1.29 is 27.5 Å². The lowest BCUT2D eigenvalue weighted by Crippen LogP contribution is -2.44. The van der Waals surface area contributed by atoms with Gasteiger partial charge in [-0.1, -0.05) is 24.3 Å². The number of aromatic nitrogens is 2. The van der Waals surface area contributed by atoms with E-state index >= 15 is 0 Å². The highest BCUT2D eigenvalue weighted by Crippen LogP contribution is 2.31. The minimum Gasteiger partial charge on any atom is -0.376 e. The van der Waals surface area contributed by atoms with Gasteiger partial charge in [-0.2, -0.15) is 13.2 Å². The Morgan fingerprint density at radius 2 is 1.94 bits per heavy atom. The van der Waals surface area contributed by atoms with Crippen LogP contribution in [0.3, 0.4) is 0 Å². The number of carbonyl (C=O) groups is 2. The zero-order valence-electron chi connectivity index (χ0n) is 19.6. The molecule has 1 aromatic heterocycles. The SMILES string of the molecule is Cc1cccc(NC(=O)CN(C[C@@H]2CCCO2)C(=O)Cn2c(C(F)(F)F)nc3ccccc32)c1C. The highest BCUT2D eigenvalue weighted by atomic mass is 19.4. The molecule has 2 heterocycles. The van der Waals surface area contributed by atoms with Crippen LogP contribution >= 0.6 is 0 Å². The Balaban J connectivity index is 1.58. The molecule has 7 nitrogen and oxygen atoms in total. The van der Waals surface area contributed by atoms with Crippen LogP contribution in [0.2, 0.25) is 0 Å². The number of halogens is 3. The van der Waals surface area contributed by atoms with Crippen LogP contribution < -0.4 is 5.32 Å². The first-order valence-electron chi connectivity index (χ1n) is 11.4. The lowest BCUT2D eigenvalue weighted by atomic mass is 10.1. The average Bonchev–Trinajstić information content (AvgIpc) is 3.44. The summed E-state index contributed by atoms with van der Waals surface area (Å²) in [6, 6.07) is 11.6. The number of anilines is 1. The van der Waals surface area contributed by atoms with Crippen LogP contribution in [0.25, 0.3) is 11.0 Å². The molecule has 186 valence electrons. The van der Waals surface area contributed by atoms with Crippen LogP contribution in [0.4, 0.5) is 18.9 Å². The zero-order valence-corrected chi connectivity index (χ0v) is 19.6. The smallest absolute Gasteiger partial charge is 0.376 e. The van der Waals surface area contributed by atoms with Crippen molar-refractivity contribution in [2.45, 2.75) is 45.5 Å². The van der Waals surface area contributed by atoms with Gasteiger partial charge in [-0.05, 0) is 56.0 Å². The summed E-state index contributed by atoms with van der Waals surface area (Å²) < 4.78 is 47.6. The Morgan fingerprint density at radius 3 is 2.66 bits per heavy atom. The number of rotatable bonds is 7. The van der Waals surface area contributed by atoms with E-state index < -0.39 is 30.4 Å². The Morgan fingerprint density at radius 1 is 1.17 bits per heavy atom. The van der Waals surface area contributed by atoms with E-state index in [1.165, 1.54) is 17.0 Å². The number of alkyl halides is 3. The number of imidazole rings is 1. The van der Waals surface area contributed by atoms with E-state index in [1.807, 2.05) is 26.0 Å². The summed E-state index contributed by atoms with van der Waals surface area (Å²) in [7, 11) is 0. The molecule has 0 radical (unpaired) electrons. The van der Waals surface area contributed by atoms with Crippen LogP contribution in [-0.2, 0) is 27.0 Å². The molecule has 10 heteroatoms. The molecule has 0 saturated carbocycles. The Hall–Kier alpha value is -3.40. The second-order valence-corrected chi connectivity index (χ2v) is 8.71. The van der Waals surface area contributed by atoms with Crippen LogP contribution in [0.15, 0.2) is 42.5 Å². The van der Waals surface area contributed by atoms with Gasteiger partial charge in [0, 0.05) is 18.8 Å². The van der Waals surface area contributed by atoms with E-state index in [-0.39, 0.29) is 30.2 Å². The average molecular weight is 489 g/mol. The highest BCUT2D eigenvalue weighted by Gasteiger charge is 2.38. The van der Waals surface area contributed by atoms with Crippen molar-refractivity contribution in [3.63, 3.8) is 0 Å². The van der Waals surface area contributed by atoms with Gasteiger partial charge < -0.3 is 19.5 Å². The number of para-hydroxylation sites is 2. The molecule has 0 aliphatic carbocycles. The molecule has 0 unspecified atom stereocenters. The van der Waals surface area contributed by atoms with Crippen LogP contribution in [0, 0.1) is 13.8 Å². The monoisotopic (exact) mass is 488 g/mol. The predicted octanol–water partition coefficient (Wildman–Crippen LogP) is 4.32. The van der Waals surface area contributed by atoms with Crippen molar-refractivity contribution in [2.75, 3.05) is 25.0 Å². The number of amides is 2. The van der Waals surface area contributed by atoms with Crippen molar-refractivity contribution >= 4 is 28.5 Å². The topological polar surface area (TPSA) is 76.5 Å². The molecule has 1 aliphatic rings. The maximum Gasteiger partial charge on any atom is 0.449 e. The summed E-state index contributed by atoms with van der Waals surface area (Å²) in [4.78, 5) is 31.1. The molecule has 2 amide bonds. The van der Waals surface area contributed by atoms with Gasteiger partial charge in [0.25, 0.3) is 0 Å². The van der Waals surface area contributed by atoms with Gasteiger partial charge in [-0.15, -0.1) is 0 Å². The van der Waals surface area contributed by atoms with Crippen LogP contribution in [0.1, 0.15) is 29.8 Å². The molecule has 35 heavy (non-hydrogen) atoms. The van der Waals surface area contributed by atoms with Gasteiger partial charge in [-0.3, -0.25) is 9.59 Å². The van der Waals surface area contributed by atoms with Gasteiger partial charge >= 0.3 is 6.18 Å². The van der Waals surface area contributed by atoms with E-state index in [0.717, 1.165) is 22.1 Å². The van der Waals surface area contributed by atoms with Gasteiger partial charge in [0.1, 0.15) is 13.1 Å². The highest BCUT2D eigenvalue weighted by molar-refractivity contribution is 5.95. The minimum absolute atomic E-state index is 0.118. The van der Waals surface area contributed by atoms with Crippen LogP contribution in [-0.4, -0.2) is 52.1 Å². The normalized spacial score (nSPS) is 16.0. The van der Waals surface area contributed by atoms with Gasteiger partial charge in [-0.25, -0.2) is 4.98 Å². The molecule has 0 bridgehead atoms. The first-order chi connectivity index (χ1) is 16.6. The molecule has 4 rings (SSSR count). The number of nitrogens with one attached hydrogen (secondary N) is 1. The lowest BCUT2D eigenvalue weighted by molar-refractivity contribution is -0.148. The molecular formula is C25H27F3N4O3. The van der Waals surface area contributed by atoms with Crippen molar-refractivity contribution in [1.82, 2.24) is 14.5 Å². The van der Waals surface area contributed by atoms with E-state index in [0.29, 0.717) is 18.7 Å². The number of ether oxygens (including phenoxy) is 1. The summed E-state index contributed by atoms with van der Waals surface area (Å²) in [5.74, 6) is -2.20. The summed E-state index contributed by atoms with van der Waals surface area (Å²) >= 11 is 0. The number of fused-ring (bicyclic) bond motifs is 1. The summed E-state index contributed by atoms with van der Waals surface area (Å²) in [6.45, 7) is 3.56.